The van der Waals surface area contributed by atoms with E-state index in [1.54, 1.807) is 4.90 Å². The van der Waals surface area contributed by atoms with E-state index >= 15 is 0 Å². The summed E-state index contributed by atoms with van der Waals surface area (Å²) in [7, 11) is 0. The van der Waals surface area contributed by atoms with Crippen LogP contribution in [0.3, 0.4) is 0 Å². The quantitative estimate of drug-likeness (QED) is 0.872. The summed E-state index contributed by atoms with van der Waals surface area (Å²) >= 11 is 1.47. The molecule has 1 N–H and O–H groups in total. The summed E-state index contributed by atoms with van der Waals surface area (Å²) in [6.45, 7) is 0.727. The number of aromatic nitrogens is 2. The molecule has 1 atom stereocenters. The fraction of sp³-hybridized carbons (Fsp3) is 0.357. The number of likely N-dealkylation sites (tertiary alicyclic amines) is 1. The first-order chi connectivity index (χ1) is 10.1. The van der Waals surface area contributed by atoms with Gasteiger partial charge in [-0.05, 0) is 24.8 Å². The molecule has 1 saturated heterocycles. The molecule has 3 rings (SSSR count). The average molecular weight is 305 g/mol. The molecule has 1 unspecified atom stereocenters. The van der Waals surface area contributed by atoms with Crippen LogP contribution < -0.4 is 0 Å². The summed E-state index contributed by atoms with van der Waals surface area (Å²) < 4.78 is 1.88. The number of nitrogens with zero attached hydrogens (tertiary/aromatic N) is 3. The Bertz CT molecular complexity index is 713. The van der Waals surface area contributed by atoms with E-state index in [2.05, 4.69) is 4.98 Å². The summed E-state index contributed by atoms with van der Waals surface area (Å²) in [5.41, 5.74) is 1.15. The van der Waals surface area contributed by atoms with Crippen molar-refractivity contribution in [2.24, 2.45) is 5.92 Å². The van der Waals surface area contributed by atoms with E-state index in [0.717, 1.165) is 10.7 Å². The van der Waals surface area contributed by atoms with Crippen LogP contribution in [0.15, 0.2) is 29.6 Å². The van der Waals surface area contributed by atoms with Gasteiger partial charge in [0.2, 0.25) is 0 Å². The van der Waals surface area contributed by atoms with E-state index < -0.39 is 11.9 Å². The van der Waals surface area contributed by atoms with Crippen molar-refractivity contribution in [3.05, 3.63) is 30.1 Å². The number of thioether (sulfide) groups is 1. The highest BCUT2D eigenvalue weighted by atomic mass is 32.2. The molecule has 0 radical (unpaired) electrons. The third-order valence-corrected chi connectivity index (χ3v) is 4.38. The minimum Gasteiger partial charge on any atom is -0.481 e. The van der Waals surface area contributed by atoms with E-state index in [4.69, 9.17) is 5.11 Å². The number of aliphatic carboxylic acids is 1. The Balaban J connectivity index is 1.94. The lowest BCUT2D eigenvalue weighted by Crippen LogP contribution is -2.30. The monoisotopic (exact) mass is 305 g/mol. The van der Waals surface area contributed by atoms with E-state index in [9.17, 15) is 9.59 Å². The summed E-state index contributed by atoms with van der Waals surface area (Å²) in [4.78, 5) is 29.6. The van der Waals surface area contributed by atoms with Crippen molar-refractivity contribution in [3.63, 3.8) is 0 Å². The lowest BCUT2D eigenvalue weighted by atomic mass is 10.1. The highest BCUT2D eigenvalue weighted by Crippen LogP contribution is 2.24. The Hall–Kier alpha value is -2.02. The predicted molar refractivity (Wildman–Crippen MR) is 78.6 cm³/mol. The van der Waals surface area contributed by atoms with Crippen LogP contribution in [-0.4, -0.2) is 50.6 Å². The predicted octanol–water partition coefficient (Wildman–Crippen LogP) is 1.60. The van der Waals surface area contributed by atoms with Gasteiger partial charge < -0.3 is 10.0 Å². The van der Waals surface area contributed by atoms with Crippen molar-refractivity contribution in [3.8, 4) is 0 Å². The van der Waals surface area contributed by atoms with Crippen molar-refractivity contribution < 1.29 is 14.7 Å². The molecule has 1 aliphatic heterocycles. The molecule has 3 heterocycles. The zero-order valence-corrected chi connectivity index (χ0v) is 12.3. The van der Waals surface area contributed by atoms with Gasteiger partial charge in [0.1, 0.15) is 0 Å². The van der Waals surface area contributed by atoms with Gasteiger partial charge in [-0.3, -0.25) is 14.0 Å². The van der Waals surface area contributed by atoms with Gasteiger partial charge in [0.25, 0.3) is 5.91 Å². The fourth-order valence-corrected chi connectivity index (χ4v) is 3.15. The Kier molecular flexibility index (Phi) is 3.59. The lowest BCUT2D eigenvalue weighted by molar-refractivity contribution is -0.141. The molecule has 110 valence electrons. The number of hydrogen-bond acceptors (Lipinski definition) is 4. The number of hydrogen-bond donors (Lipinski definition) is 1. The number of imidazole rings is 1. The van der Waals surface area contributed by atoms with Gasteiger partial charge >= 0.3 is 5.97 Å². The molecule has 21 heavy (non-hydrogen) atoms. The molecule has 2 aromatic rings. The van der Waals surface area contributed by atoms with Crippen LogP contribution >= 0.6 is 11.8 Å². The van der Waals surface area contributed by atoms with Gasteiger partial charge in [0.05, 0.1) is 11.4 Å². The molecule has 6 nitrogen and oxygen atoms in total. The average Bonchev–Trinajstić information content (AvgIpc) is 3.11. The van der Waals surface area contributed by atoms with Gasteiger partial charge in [-0.2, -0.15) is 0 Å². The topological polar surface area (TPSA) is 74.9 Å². The zero-order valence-electron chi connectivity index (χ0n) is 11.5. The third kappa shape index (κ3) is 2.37. The maximum Gasteiger partial charge on any atom is 0.308 e. The smallest absolute Gasteiger partial charge is 0.308 e. The number of carbonyl (C=O) groups excluding carboxylic acids is 1. The van der Waals surface area contributed by atoms with Crippen LogP contribution in [0, 0.1) is 5.92 Å². The largest absolute Gasteiger partial charge is 0.481 e. The summed E-state index contributed by atoms with van der Waals surface area (Å²) in [5, 5.41) is 9.79. The Morgan fingerprint density at radius 1 is 1.43 bits per heavy atom. The number of fused-ring (bicyclic) bond motifs is 1. The van der Waals surface area contributed by atoms with E-state index in [1.165, 1.54) is 11.8 Å². The second kappa shape index (κ2) is 5.40. The first-order valence-corrected chi connectivity index (χ1v) is 7.87. The first-order valence-electron chi connectivity index (χ1n) is 6.65. The number of carboxylic acid groups (broad SMARTS) is 1. The van der Waals surface area contributed by atoms with Crippen LogP contribution in [-0.2, 0) is 4.79 Å². The van der Waals surface area contributed by atoms with E-state index in [-0.39, 0.29) is 12.5 Å². The standard InChI is InChI=1S/C14H15N3O3S/c1-21-14-15-11(10-4-2-3-6-17(10)14)12(18)16-7-5-9(8-16)13(19)20/h2-4,6,9H,5,7-8H2,1H3,(H,19,20). The molecule has 7 heteroatoms. The minimum absolute atomic E-state index is 0.192. The molecule has 0 bridgehead atoms. The van der Waals surface area contributed by atoms with Crippen molar-refractivity contribution in [1.82, 2.24) is 14.3 Å². The van der Waals surface area contributed by atoms with Gasteiger partial charge in [-0.25, -0.2) is 4.98 Å². The van der Waals surface area contributed by atoms with Crippen LogP contribution in [0.1, 0.15) is 16.9 Å². The Morgan fingerprint density at radius 2 is 2.24 bits per heavy atom. The van der Waals surface area contributed by atoms with Gasteiger partial charge in [-0.15, -0.1) is 0 Å². The van der Waals surface area contributed by atoms with Gasteiger partial charge in [-0.1, -0.05) is 17.8 Å². The Labute approximate surface area is 125 Å². The van der Waals surface area contributed by atoms with Crippen LogP contribution in [0.5, 0.6) is 0 Å². The molecule has 2 aromatic heterocycles. The SMILES string of the molecule is CSc1nc(C(=O)N2CCC(C(=O)O)C2)c2ccccn12. The summed E-state index contributed by atoms with van der Waals surface area (Å²) in [6, 6.07) is 5.60. The van der Waals surface area contributed by atoms with E-state index in [0.29, 0.717) is 18.7 Å². The van der Waals surface area contributed by atoms with Gasteiger partial charge in [0.15, 0.2) is 10.9 Å². The summed E-state index contributed by atoms with van der Waals surface area (Å²) in [6.07, 6.45) is 4.28. The molecule has 0 saturated carbocycles. The first kappa shape index (κ1) is 13.9. The number of carbonyl (C=O) groups is 2. The second-order valence-electron chi connectivity index (χ2n) is 4.98. The maximum absolute atomic E-state index is 12.6. The van der Waals surface area contributed by atoms with Crippen LogP contribution in [0.4, 0.5) is 0 Å². The van der Waals surface area contributed by atoms with Crippen molar-refractivity contribution in [2.75, 3.05) is 19.3 Å². The van der Waals surface area contributed by atoms with Gasteiger partial charge in [0, 0.05) is 19.3 Å². The molecule has 0 aromatic carbocycles. The Morgan fingerprint density at radius 3 is 2.90 bits per heavy atom. The third-order valence-electron chi connectivity index (χ3n) is 3.73. The molecular weight excluding hydrogens is 290 g/mol. The van der Waals surface area contributed by atoms with E-state index in [1.807, 2.05) is 35.1 Å². The van der Waals surface area contributed by atoms with Crippen LogP contribution in [0.25, 0.3) is 5.52 Å². The fourth-order valence-electron chi connectivity index (χ4n) is 2.61. The molecule has 1 fully saturated rings. The zero-order chi connectivity index (χ0) is 15.0. The van der Waals surface area contributed by atoms with Crippen molar-refractivity contribution >= 4 is 29.2 Å². The molecular formula is C14H15N3O3S. The molecule has 0 aliphatic carbocycles. The lowest BCUT2D eigenvalue weighted by Gasteiger charge is -2.14. The molecule has 0 spiro atoms. The summed E-state index contributed by atoms with van der Waals surface area (Å²) in [5.74, 6) is -1.50. The number of rotatable bonds is 3. The number of carboxylic acids is 1. The number of amides is 1. The highest BCUT2D eigenvalue weighted by Gasteiger charge is 2.33. The molecule has 1 amide bonds. The van der Waals surface area contributed by atoms with Crippen LogP contribution in [0.2, 0.25) is 0 Å². The normalized spacial score (nSPS) is 18.3. The van der Waals surface area contributed by atoms with Crippen molar-refractivity contribution in [2.45, 2.75) is 11.6 Å². The van der Waals surface area contributed by atoms with Crippen molar-refractivity contribution in [1.29, 1.82) is 0 Å². The molecule has 1 aliphatic rings. The maximum atomic E-state index is 12.6. The minimum atomic E-state index is -0.843. The highest BCUT2D eigenvalue weighted by molar-refractivity contribution is 7.98. The second-order valence-corrected chi connectivity index (χ2v) is 5.75. The number of pyridine rings is 1.